The number of pyridine rings is 1. The number of hydrogen-bond acceptors (Lipinski definition) is 3. The van der Waals surface area contributed by atoms with Crippen LogP contribution in [-0.2, 0) is 0 Å². The Balaban J connectivity index is 2.23. The van der Waals surface area contributed by atoms with E-state index in [1.165, 1.54) is 0 Å². The van der Waals surface area contributed by atoms with Crippen LogP contribution in [0.25, 0.3) is 0 Å². The lowest BCUT2D eigenvalue weighted by Gasteiger charge is -2.26. The van der Waals surface area contributed by atoms with E-state index in [2.05, 4.69) is 16.8 Å². The van der Waals surface area contributed by atoms with Gasteiger partial charge in [-0.2, -0.15) is 0 Å². The number of anilines is 1. The minimum Gasteiger partial charge on any atom is -0.394 e. The van der Waals surface area contributed by atoms with Crippen LogP contribution in [0.4, 0.5) is 5.82 Å². The van der Waals surface area contributed by atoms with Gasteiger partial charge in [-0.1, -0.05) is 24.6 Å². The third kappa shape index (κ3) is 2.08. The average Bonchev–Trinajstić information content (AvgIpc) is 2.59. The van der Waals surface area contributed by atoms with Crippen molar-refractivity contribution in [2.24, 2.45) is 5.92 Å². The van der Waals surface area contributed by atoms with Crippen molar-refractivity contribution in [2.45, 2.75) is 19.4 Å². The number of hydrogen-bond donors (Lipinski definition) is 1. The quantitative estimate of drug-likeness (QED) is 0.784. The number of nitrogens with zero attached hydrogens (tertiary/aromatic N) is 2. The van der Waals surface area contributed by atoms with E-state index in [1.807, 2.05) is 12.1 Å². The Hall–Kier alpha value is -0.800. The lowest BCUT2D eigenvalue weighted by Crippen LogP contribution is -2.35. The van der Waals surface area contributed by atoms with Crippen molar-refractivity contribution in [3.63, 3.8) is 0 Å². The Morgan fingerprint density at radius 2 is 2.40 bits per heavy atom. The summed E-state index contributed by atoms with van der Waals surface area (Å²) in [6.45, 7) is 3.28. The molecule has 82 valence electrons. The van der Waals surface area contributed by atoms with Gasteiger partial charge in [-0.25, -0.2) is 4.98 Å². The normalized spacial score (nSPS) is 25.9. The van der Waals surface area contributed by atoms with E-state index in [1.54, 1.807) is 6.07 Å². The SMILES string of the molecule is CC1CCN(c2cccc(Cl)n2)C1CO. The molecule has 0 amide bonds. The third-order valence-corrected chi connectivity index (χ3v) is 3.27. The van der Waals surface area contributed by atoms with Gasteiger partial charge in [0.2, 0.25) is 0 Å². The number of aromatic nitrogens is 1. The van der Waals surface area contributed by atoms with Crippen LogP contribution < -0.4 is 4.90 Å². The van der Waals surface area contributed by atoms with Crippen LogP contribution in [0.2, 0.25) is 5.15 Å². The molecule has 1 fully saturated rings. The van der Waals surface area contributed by atoms with Crippen LogP contribution in [0.5, 0.6) is 0 Å². The molecule has 1 aliphatic rings. The predicted molar refractivity (Wildman–Crippen MR) is 61.2 cm³/mol. The van der Waals surface area contributed by atoms with Crippen molar-refractivity contribution in [1.82, 2.24) is 4.98 Å². The standard InChI is InChI=1S/C11H15ClN2O/c1-8-5-6-14(9(8)7-15)11-4-2-3-10(12)13-11/h2-4,8-9,15H,5-7H2,1H3. The van der Waals surface area contributed by atoms with Gasteiger partial charge in [-0.05, 0) is 24.5 Å². The highest BCUT2D eigenvalue weighted by molar-refractivity contribution is 6.29. The zero-order chi connectivity index (χ0) is 10.8. The highest BCUT2D eigenvalue weighted by Gasteiger charge is 2.31. The molecule has 0 radical (unpaired) electrons. The van der Waals surface area contributed by atoms with E-state index < -0.39 is 0 Å². The van der Waals surface area contributed by atoms with Crippen LogP contribution in [0, 0.1) is 5.92 Å². The summed E-state index contributed by atoms with van der Waals surface area (Å²) in [6.07, 6.45) is 1.10. The predicted octanol–water partition coefficient (Wildman–Crippen LogP) is 1.94. The van der Waals surface area contributed by atoms with Crippen LogP contribution in [-0.4, -0.2) is 29.3 Å². The Bertz CT molecular complexity index is 345. The molecular weight excluding hydrogens is 212 g/mol. The summed E-state index contributed by atoms with van der Waals surface area (Å²) in [5.74, 6) is 1.38. The molecule has 15 heavy (non-hydrogen) atoms. The molecule has 0 aliphatic carbocycles. The van der Waals surface area contributed by atoms with Crippen molar-refractivity contribution in [1.29, 1.82) is 0 Å². The second-order valence-electron chi connectivity index (χ2n) is 4.03. The first kappa shape index (κ1) is 10.7. The van der Waals surface area contributed by atoms with E-state index >= 15 is 0 Å². The van der Waals surface area contributed by atoms with Crippen molar-refractivity contribution in [2.75, 3.05) is 18.1 Å². The monoisotopic (exact) mass is 226 g/mol. The fourth-order valence-electron chi connectivity index (χ4n) is 2.13. The molecule has 2 heterocycles. The van der Waals surface area contributed by atoms with Gasteiger partial charge in [0.25, 0.3) is 0 Å². The largest absolute Gasteiger partial charge is 0.394 e. The summed E-state index contributed by atoms with van der Waals surface area (Å²) in [4.78, 5) is 6.40. The van der Waals surface area contributed by atoms with Crippen molar-refractivity contribution < 1.29 is 5.11 Å². The van der Waals surface area contributed by atoms with Crippen molar-refractivity contribution >= 4 is 17.4 Å². The third-order valence-electron chi connectivity index (χ3n) is 3.06. The number of halogens is 1. The molecule has 2 unspecified atom stereocenters. The zero-order valence-corrected chi connectivity index (χ0v) is 9.48. The highest BCUT2D eigenvalue weighted by Crippen LogP contribution is 2.28. The van der Waals surface area contributed by atoms with Crippen LogP contribution in [0.3, 0.4) is 0 Å². The maximum atomic E-state index is 9.34. The van der Waals surface area contributed by atoms with Crippen molar-refractivity contribution in [3.8, 4) is 0 Å². The molecule has 2 atom stereocenters. The van der Waals surface area contributed by atoms with E-state index in [0.717, 1.165) is 18.8 Å². The number of aliphatic hydroxyl groups is 1. The summed E-state index contributed by atoms with van der Waals surface area (Å²) in [5.41, 5.74) is 0. The zero-order valence-electron chi connectivity index (χ0n) is 8.73. The molecule has 4 heteroatoms. The van der Waals surface area contributed by atoms with Gasteiger partial charge >= 0.3 is 0 Å². The number of rotatable bonds is 2. The Morgan fingerprint density at radius 3 is 3.07 bits per heavy atom. The molecule has 1 N–H and O–H groups in total. The molecule has 1 aliphatic heterocycles. The number of aliphatic hydroxyl groups excluding tert-OH is 1. The topological polar surface area (TPSA) is 36.4 Å². The summed E-state index contributed by atoms with van der Waals surface area (Å²) in [6, 6.07) is 5.77. The highest BCUT2D eigenvalue weighted by atomic mass is 35.5. The minimum atomic E-state index is 0.176. The van der Waals surface area contributed by atoms with Gasteiger partial charge in [0.1, 0.15) is 11.0 Å². The van der Waals surface area contributed by atoms with Gasteiger partial charge in [-0.3, -0.25) is 0 Å². The summed E-state index contributed by atoms with van der Waals surface area (Å²) >= 11 is 5.85. The second-order valence-corrected chi connectivity index (χ2v) is 4.42. The summed E-state index contributed by atoms with van der Waals surface area (Å²) < 4.78 is 0. The molecule has 0 aromatic carbocycles. The van der Waals surface area contributed by atoms with Gasteiger partial charge in [0.15, 0.2) is 0 Å². The maximum Gasteiger partial charge on any atom is 0.131 e. The Kier molecular flexibility index (Phi) is 3.12. The van der Waals surface area contributed by atoms with Gasteiger partial charge in [0, 0.05) is 6.54 Å². The van der Waals surface area contributed by atoms with E-state index in [4.69, 9.17) is 11.6 Å². The molecule has 2 rings (SSSR count). The molecule has 3 nitrogen and oxygen atoms in total. The molecule has 1 aromatic rings. The smallest absolute Gasteiger partial charge is 0.131 e. The first-order valence-corrected chi connectivity index (χ1v) is 5.60. The molecular formula is C11H15ClN2O. The Labute approximate surface area is 94.7 Å². The van der Waals surface area contributed by atoms with E-state index in [0.29, 0.717) is 11.1 Å². The molecule has 1 saturated heterocycles. The fourth-order valence-corrected chi connectivity index (χ4v) is 2.29. The van der Waals surface area contributed by atoms with Crippen LogP contribution >= 0.6 is 11.6 Å². The summed E-state index contributed by atoms with van der Waals surface area (Å²) in [7, 11) is 0. The first-order valence-electron chi connectivity index (χ1n) is 5.22. The molecule has 0 spiro atoms. The maximum absolute atomic E-state index is 9.34. The molecule has 1 aromatic heterocycles. The fraction of sp³-hybridized carbons (Fsp3) is 0.545. The van der Waals surface area contributed by atoms with E-state index in [9.17, 15) is 5.11 Å². The molecule has 0 bridgehead atoms. The summed E-state index contributed by atoms with van der Waals surface area (Å²) in [5, 5.41) is 9.84. The van der Waals surface area contributed by atoms with Crippen molar-refractivity contribution in [3.05, 3.63) is 23.4 Å². The minimum absolute atomic E-state index is 0.176. The lowest BCUT2D eigenvalue weighted by atomic mass is 10.0. The first-order chi connectivity index (χ1) is 7.22. The van der Waals surface area contributed by atoms with Crippen LogP contribution in [0.15, 0.2) is 18.2 Å². The lowest BCUT2D eigenvalue weighted by molar-refractivity contribution is 0.244. The molecule has 0 saturated carbocycles. The van der Waals surface area contributed by atoms with E-state index in [-0.39, 0.29) is 12.6 Å². The van der Waals surface area contributed by atoms with Gasteiger partial charge < -0.3 is 10.0 Å². The Morgan fingerprint density at radius 1 is 1.60 bits per heavy atom. The van der Waals surface area contributed by atoms with Gasteiger partial charge in [-0.15, -0.1) is 0 Å². The van der Waals surface area contributed by atoms with Crippen LogP contribution in [0.1, 0.15) is 13.3 Å². The van der Waals surface area contributed by atoms with Gasteiger partial charge in [0.05, 0.1) is 12.6 Å². The average molecular weight is 227 g/mol. The second kappa shape index (κ2) is 4.37.